The fourth-order valence-electron chi connectivity index (χ4n) is 2.23. The fourth-order valence-corrected chi connectivity index (χ4v) is 2.42. The summed E-state index contributed by atoms with van der Waals surface area (Å²) in [4.78, 5) is 0. The van der Waals surface area contributed by atoms with E-state index in [1.54, 1.807) is 16.8 Å². The van der Waals surface area contributed by atoms with E-state index in [0.717, 1.165) is 18.5 Å². The van der Waals surface area contributed by atoms with Crippen LogP contribution in [0.15, 0.2) is 30.6 Å². The maximum absolute atomic E-state index is 13.7. The molecule has 0 radical (unpaired) electrons. The maximum Gasteiger partial charge on any atom is 0.128 e. The normalized spacial score (nSPS) is 12.6. The Kier molecular flexibility index (Phi) is 5.15. The smallest absolute Gasteiger partial charge is 0.128 e. The van der Waals surface area contributed by atoms with Crippen molar-refractivity contribution in [2.45, 2.75) is 32.9 Å². The van der Waals surface area contributed by atoms with Gasteiger partial charge in [0.1, 0.15) is 5.82 Å². The molecule has 108 valence electrons. The van der Waals surface area contributed by atoms with E-state index in [2.05, 4.69) is 24.3 Å². The quantitative estimate of drug-likeness (QED) is 0.879. The summed E-state index contributed by atoms with van der Waals surface area (Å²) in [6, 6.07) is 4.86. The van der Waals surface area contributed by atoms with Gasteiger partial charge in [0.25, 0.3) is 0 Å². The number of nitrogens with zero attached hydrogens (tertiary/aromatic N) is 2. The lowest BCUT2D eigenvalue weighted by Crippen LogP contribution is -2.19. The Morgan fingerprint density at radius 3 is 2.90 bits per heavy atom. The Hall–Kier alpha value is -1.39. The minimum absolute atomic E-state index is 0.259. The molecule has 1 heterocycles. The molecular weight excluding hydrogens is 277 g/mol. The first-order valence-corrected chi connectivity index (χ1v) is 7.21. The number of aromatic nitrogens is 2. The van der Waals surface area contributed by atoms with Crippen LogP contribution in [0.4, 0.5) is 4.39 Å². The van der Waals surface area contributed by atoms with Crippen LogP contribution in [0.1, 0.15) is 37.4 Å². The second-order valence-corrected chi connectivity index (χ2v) is 5.16. The zero-order valence-corrected chi connectivity index (χ0v) is 12.5. The van der Waals surface area contributed by atoms with E-state index < -0.39 is 0 Å². The molecule has 0 saturated heterocycles. The van der Waals surface area contributed by atoms with Crippen LogP contribution >= 0.6 is 11.6 Å². The van der Waals surface area contributed by atoms with Crippen LogP contribution in [0.3, 0.4) is 0 Å². The predicted octanol–water partition coefficient (Wildman–Crippen LogP) is 3.78. The molecule has 1 unspecified atom stereocenters. The molecule has 1 aromatic carbocycles. The molecule has 20 heavy (non-hydrogen) atoms. The van der Waals surface area contributed by atoms with Crippen LogP contribution in [-0.4, -0.2) is 16.3 Å². The monoisotopic (exact) mass is 295 g/mol. The summed E-state index contributed by atoms with van der Waals surface area (Å²) in [5.41, 5.74) is 1.67. The van der Waals surface area contributed by atoms with Gasteiger partial charge in [-0.15, -0.1) is 0 Å². The first kappa shape index (κ1) is 15.0. The molecule has 0 spiro atoms. The molecule has 0 aliphatic heterocycles. The first-order chi connectivity index (χ1) is 9.63. The second-order valence-electron chi connectivity index (χ2n) is 4.73. The van der Waals surface area contributed by atoms with Gasteiger partial charge in [-0.2, -0.15) is 5.10 Å². The molecule has 5 heteroatoms. The highest BCUT2D eigenvalue weighted by Gasteiger charge is 2.11. The van der Waals surface area contributed by atoms with Crippen molar-refractivity contribution in [1.29, 1.82) is 0 Å². The highest BCUT2D eigenvalue weighted by Crippen LogP contribution is 2.18. The summed E-state index contributed by atoms with van der Waals surface area (Å²) >= 11 is 5.90. The standard InChI is InChI=1S/C15H19ClFN3/c1-3-15(18-4-2)12-8-19-20(10-12)9-11-7-13(16)5-6-14(11)17/h5-8,10,15,18H,3-4,9H2,1-2H3. The van der Waals surface area contributed by atoms with E-state index in [4.69, 9.17) is 11.6 Å². The number of halogens is 2. The van der Waals surface area contributed by atoms with Crippen LogP contribution in [0.5, 0.6) is 0 Å². The molecule has 2 rings (SSSR count). The molecule has 0 aliphatic carbocycles. The summed E-state index contributed by atoms with van der Waals surface area (Å²) < 4.78 is 15.4. The summed E-state index contributed by atoms with van der Waals surface area (Å²) in [7, 11) is 0. The minimum atomic E-state index is -0.259. The summed E-state index contributed by atoms with van der Waals surface area (Å²) in [5.74, 6) is -0.259. The highest BCUT2D eigenvalue weighted by atomic mass is 35.5. The third kappa shape index (κ3) is 3.58. The zero-order valence-electron chi connectivity index (χ0n) is 11.7. The van der Waals surface area contributed by atoms with Gasteiger partial charge in [-0.05, 0) is 31.2 Å². The Labute approximate surface area is 123 Å². The van der Waals surface area contributed by atoms with E-state index in [0.29, 0.717) is 17.1 Å². The number of hydrogen-bond acceptors (Lipinski definition) is 2. The van der Waals surface area contributed by atoms with Crippen LogP contribution in [-0.2, 0) is 6.54 Å². The average Bonchev–Trinajstić information content (AvgIpc) is 2.88. The van der Waals surface area contributed by atoms with Gasteiger partial charge in [-0.25, -0.2) is 4.39 Å². The zero-order chi connectivity index (χ0) is 14.5. The molecule has 3 nitrogen and oxygen atoms in total. The van der Waals surface area contributed by atoms with E-state index >= 15 is 0 Å². The summed E-state index contributed by atoms with van der Waals surface area (Å²) in [5, 5.41) is 8.23. The largest absolute Gasteiger partial charge is 0.310 e. The van der Waals surface area contributed by atoms with Crippen LogP contribution < -0.4 is 5.32 Å². The topological polar surface area (TPSA) is 29.9 Å². The fraction of sp³-hybridized carbons (Fsp3) is 0.400. The molecule has 1 N–H and O–H groups in total. The van der Waals surface area contributed by atoms with Gasteiger partial charge in [0, 0.05) is 28.4 Å². The van der Waals surface area contributed by atoms with Crippen LogP contribution in [0, 0.1) is 5.82 Å². The van der Waals surface area contributed by atoms with Crippen molar-refractivity contribution in [3.8, 4) is 0 Å². The molecular formula is C15H19ClFN3. The van der Waals surface area contributed by atoms with Crippen molar-refractivity contribution in [3.05, 3.63) is 52.6 Å². The van der Waals surface area contributed by atoms with Crippen LogP contribution in [0.2, 0.25) is 5.02 Å². The van der Waals surface area contributed by atoms with Crippen molar-refractivity contribution in [3.63, 3.8) is 0 Å². The number of rotatable bonds is 6. The molecule has 0 fully saturated rings. The minimum Gasteiger partial charge on any atom is -0.310 e. The second kappa shape index (κ2) is 6.86. The predicted molar refractivity (Wildman–Crippen MR) is 79.4 cm³/mol. The average molecular weight is 296 g/mol. The SMILES string of the molecule is CCNC(CC)c1cnn(Cc2cc(Cl)ccc2F)c1. The third-order valence-corrected chi connectivity index (χ3v) is 3.49. The van der Waals surface area contributed by atoms with Gasteiger partial charge in [0.15, 0.2) is 0 Å². The van der Waals surface area contributed by atoms with Crippen molar-refractivity contribution in [2.24, 2.45) is 0 Å². The van der Waals surface area contributed by atoms with Gasteiger partial charge in [0.2, 0.25) is 0 Å². The third-order valence-electron chi connectivity index (χ3n) is 3.25. The van der Waals surface area contributed by atoms with Gasteiger partial charge < -0.3 is 5.32 Å². The number of nitrogens with one attached hydrogen (secondary N) is 1. The Morgan fingerprint density at radius 2 is 2.20 bits per heavy atom. The number of hydrogen-bond donors (Lipinski definition) is 1. The summed E-state index contributed by atoms with van der Waals surface area (Å²) in [6.07, 6.45) is 4.78. The molecule has 1 atom stereocenters. The first-order valence-electron chi connectivity index (χ1n) is 6.83. The molecule has 0 aliphatic rings. The molecule has 0 amide bonds. The van der Waals surface area contributed by atoms with Gasteiger partial charge >= 0.3 is 0 Å². The van der Waals surface area contributed by atoms with Crippen molar-refractivity contribution < 1.29 is 4.39 Å². The lowest BCUT2D eigenvalue weighted by Gasteiger charge is -2.13. The van der Waals surface area contributed by atoms with E-state index in [1.165, 1.54) is 6.07 Å². The van der Waals surface area contributed by atoms with Gasteiger partial charge in [-0.3, -0.25) is 4.68 Å². The Bertz CT molecular complexity index is 568. The van der Waals surface area contributed by atoms with E-state index in [1.807, 2.05) is 12.4 Å². The van der Waals surface area contributed by atoms with Gasteiger partial charge in [-0.1, -0.05) is 25.4 Å². The molecule has 0 saturated carbocycles. The van der Waals surface area contributed by atoms with E-state index in [-0.39, 0.29) is 11.9 Å². The lowest BCUT2D eigenvalue weighted by molar-refractivity contribution is 0.536. The van der Waals surface area contributed by atoms with Gasteiger partial charge in [0.05, 0.1) is 12.7 Å². The maximum atomic E-state index is 13.7. The molecule has 2 aromatic rings. The lowest BCUT2D eigenvalue weighted by atomic mass is 10.1. The Balaban J connectivity index is 2.14. The highest BCUT2D eigenvalue weighted by molar-refractivity contribution is 6.30. The molecule has 0 bridgehead atoms. The van der Waals surface area contributed by atoms with Crippen molar-refractivity contribution in [1.82, 2.24) is 15.1 Å². The van der Waals surface area contributed by atoms with Crippen LogP contribution in [0.25, 0.3) is 0 Å². The van der Waals surface area contributed by atoms with Crippen molar-refractivity contribution in [2.75, 3.05) is 6.54 Å². The van der Waals surface area contributed by atoms with Crippen molar-refractivity contribution >= 4 is 11.6 Å². The molecule has 1 aromatic heterocycles. The summed E-state index contributed by atoms with van der Waals surface area (Å²) in [6.45, 7) is 5.50. The van der Waals surface area contributed by atoms with E-state index in [9.17, 15) is 4.39 Å². The number of benzene rings is 1. The Morgan fingerprint density at radius 1 is 1.40 bits per heavy atom.